The summed E-state index contributed by atoms with van der Waals surface area (Å²) in [6.07, 6.45) is 4.85. The molecule has 0 fully saturated rings. The number of carboxylic acids is 4. The van der Waals surface area contributed by atoms with Crippen molar-refractivity contribution in [3.05, 3.63) is 93.1 Å². The Hall–Kier alpha value is -5.04. The van der Waals surface area contributed by atoms with E-state index in [1.165, 1.54) is 48.3 Å². The second kappa shape index (κ2) is 9.22. The van der Waals surface area contributed by atoms with E-state index in [2.05, 4.69) is 0 Å². The van der Waals surface area contributed by atoms with Crippen molar-refractivity contribution in [2.45, 2.75) is 11.8 Å². The molecule has 170 valence electrons. The lowest BCUT2D eigenvalue weighted by Crippen LogP contribution is -2.20. The van der Waals surface area contributed by atoms with Gasteiger partial charge < -0.3 is 20.4 Å². The van der Waals surface area contributed by atoms with Crippen molar-refractivity contribution in [2.75, 3.05) is 0 Å². The van der Waals surface area contributed by atoms with E-state index in [-0.39, 0.29) is 11.1 Å². The summed E-state index contributed by atoms with van der Waals surface area (Å²) in [6, 6.07) is 5.94. The van der Waals surface area contributed by atoms with Gasteiger partial charge in [-0.3, -0.25) is 0 Å². The molecule has 2 atom stereocenters. The van der Waals surface area contributed by atoms with Crippen LogP contribution in [0.25, 0.3) is 0 Å². The summed E-state index contributed by atoms with van der Waals surface area (Å²) in [5, 5.41) is 37.3. The molecule has 10 nitrogen and oxygen atoms in total. The molecule has 0 spiro atoms. The molecule has 0 bridgehead atoms. The molecule has 2 unspecified atom stereocenters. The molecule has 0 aromatic heterocycles. The minimum absolute atomic E-state index is 0.381. The van der Waals surface area contributed by atoms with Crippen molar-refractivity contribution < 1.29 is 49.2 Å². The third-order valence-corrected chi connectivity index (χ3v) is 5.37. The van der Waals surface area contributed by atoms with E-state index in [1.807, 2.05) is 0 Å². The van der Waals surface area contributed by atoms with E-state index in [4.69, 9.17) is 0 Å². The summed E-state index contributed by atoms with van der Waals surface area (Å²) in [7, 11) is 0. The summed E-state index contributed by atoms with van der Waals surface area (Å²) >= 11 is 0. The third-order valence-electron chi connectivity index (χ3n) is 5.37. The molecule has 4 N–H and O–H groups in total. The van der Waals surface area contributed by atoms with E-state index in [0.29, 0.717) is 11.1 Å². The first kappa shape index (κ1) is 23.6. The molecule has 2 aliphatic rings. The Morgan fingerprint density at radius 3 is 1.15 bits per heavy atom. The van der Waals surface area contributed by atoms with Crippen LogP contribution in [-0.2, 0) is 28.8 Å². The van der Waals surface area contributed by atoms with Crippen molar-refractivity contribution in [3.8, 4) is 0 Å². The number of aliphatic carboxylic acids is 4. The van der Waals surface area contributed by atoms with Crippen molar-refractivity contribution in [1.82, 2.24) is 0 Å². The maximum Gasteiger partial charge on any atom is 0.337 e. The average molecular weight is 462 g/mol. The third kappa shape index (κ3) is 4.05. The van der Waals surface area contributed by atoms with Crippen LogP contribution in [0.4, 0.5) is 0 Å². The van der Waals surface area contributed by atoms with Gasteiger partial charge in [0.05, 0.1) is 33.4 Å². The van der Waals surface area contributed by atoms with Crippen LogP contribution in [0.1, 0.15) is 23.0 Å². The number of carboxylic acid groups (broad SMARTS) is 4. The SMILES string of the molecule is O=C=C1C(C(=O)O)=C(C(=O)O)C=CC1c1ccc(C2C=CC(C(=O)O)=C(C(=O)O)C2=C=O)cc1. The maximum atomic E-state index is 11.6. The maximum absolute atomic E-state index is 11.6. The number of rotatable bonds is 6. The molecular formula is C24H14O10. The average Bonchev–Trinajstić information content (AvgIpc) is 2.81. The molecule has 0 amide bonds. The molecule has 10 heteroatoms. The number of carbonyl (C=O) groups excluding carboxylic acids is 2. The van der Waals surface area contributed by atoms with Crippen LogP contribution in [-0.4, -0.2) is 56.2 Å². The lowest BCUT2D eigenvalue weighted by Gasteiger charge is -2.23. The number of hydrogen-bond acceptors (Lipinski definition) is 6. The molecule has 3 rings (SSSR count). The number of benzene rings is 1. The van der Waals surface area contributed by atoms with Crippen LogP contribution in [0.5, 0.6) is 0 Å². The predicted molar refractivity (Wildman–Crippen MR) is 113 cm³/mol. The molecule has 1 aromatic carbocycles. The van der Waals surface area contributed by atoms with Crippen molar-refractivity contribution >= 4 is 35.8 Å². The monoisotopic (exact) mass is 462 g/mol. The summed E-state index contributed by atoms with van der Waals surface area (Å²) in [5.41, 5.74) is -2.45. The predicted octanol–water partition coefficient (Wildman–Crippen LogP) is 1.44. The number of allylic oxidation sites excluding steroid dienone is 2. The first-order valence-electron chi connectivity index (χ1n) is 9.51. The first-order chi connectivity index (χ1) is 16.1. The highest BCUT2D eigenvalue weighted by Gasteiger charge is 2.34. The largest absolute Gasteiger partial charge is 0.478 e. The van der Waals surface area contributed by atoms with Gasteiger partial charge in [0.25, 0.3) is 0 Å². The Morgan fingerprint density at radius 2 is 0.912 bits per heavy atom. The molecule has 34 heavy (non-hydrogen) atoms. The van der Waals surface area contributed by atoms with Crippen LogP contribution < -0.4 is 0 Å². The summed E-state index contributed by atoms with van der Waals surface area (Å²) < 4.78 is 0. The molecule has 0 saturated carbocycles. The van der Waals surface area contributed by atoms with Gasteiger partial charge >= 0.3 is 23.9 Å². The quantitative estimate of drug-likeness (QED) is 0.451. The lowest BCUT2D eigenvalue weighted by molar-refractivity contribution is -0.135. The van der Waals surface area contributed by atoms with Gasteiger partial charge in [-0.2, -0.15) is 0 Å². The Morgan fingerprint density at radius 1 is 0.588 bits per heavy atom. The fourth-order valence-corrected chi connectivity index (χ4v) is 3.86. The Kier molecular flexibility index (Phi) is 6.40. The Labute approximate surface area is 190 Å². The summed E-state index contributed by atoms with van der Waals surface area (Å²) in [4.78, 5) is 69.0. The fraction of sp³-hybridized carbons (Fsp3) is 0.0833. The highest BCUT2D eigenvalue weighted by molar-refractivity contribution is 6.08. The molecule has 2 aliphatic carbocycles. The minimum Gasteiger partial charge on any atom is -0.478 e. The highest BCUT2D eigenvalue weighted by atomic mass is 16.4. The van der Waals surface area contributed by atoms with Gasteiger partial charge in [0.15, 0.2) is 0 Å². The van der Waals surface area contributed by atoms with Crippen LogP contribution in [0.2, 0.25) is 0 Å². The zero-order chi connectivity index (χ0) is 25.2. The van der Waals surface area contributed by atoms with Crippen LogP contribution in [0.15, 0.2) is 82.0 Å². The van der Waals surface area contributed by atoms with E-state index in [9.17, 15) is 49.2 Å². The van der Waals surface area contributed by atoms with Gasteiger partial charge in [-0.1, -0.05) is 36.4 Å². The van der Waals surface area contributed by atoms with Gasteiger partial charge in [-0.25, -0.2) is 28.8 Å². The topological polar surface area (TPSA) is 183 Å². The van der Waals surface area contributed by atoms with Crippen molar-refractivity contribution in [3.63, 3.8) is 0 Å². The van der Waals surface area contributed by atoms with E-state index < -0.39 is 58.0 Å². The zero-order valence-corrected chi connectivity index (χ0v) is 17.0. The number of carbonyl (C=O) groups is 4. The lowest BCUT2D eigenvalue weighted by atomic mass is 9.78. The van der Waals surface area contributed by atoms with Gasteiger partial charge in [0.1, 0.15) is 11.9 Å². The molecule has 0 saturated heterocycles. The standard InChI is InChI=1S/C24H14O10/c25-9-17-13(5-7-15(21(27)28)19(17)23(31)32)11-1-2-12(4-3-11)14-6-8-16(22(29)30)20(24(33)34)18(14)10-26/h1-8,13-14H,(H,27,28)(H,29,30)(H,31,32)(H,33,34). The molecule has 0 aliphatic heterocycles. The first-order valence-corrected chi connectivity index (χ1v) is 9.51. The van der Waals surface area contributed by atoms with Crippen molar-refractivity contribution in [2.24, 2.45) is 0 Å². The fourth-order valence-electron chi connectivity index (χ4n) is 3.86. The van der Waals surface area contributed by atoms with E-state index >= 15 is 0 Å². The van der Waals surface area contributed by atoms with Gasteiger partial charge in [-0.05, 0) is 23.3 Å². The Bertz CT molecular complexity index is 1250. The van der Waals surface area contributed by atoms with Crippen LogP contribution in [0.3, 0.4) is 0 Å². The smallest absolute Gasteiger partial charge is 0.337 e. The second-order valence-electron chi connectivity index (χ2n) is 7.17. The van der Waals surface area contributed by atoms with Gasteiger partial charge in [0, 0.05) is 11.8 Å². The van der Waals surface area contributed by atoms with Crippen molar-refractivity contribution in [1.29, 1.82) is 0 Å². The van der Waals surface area contributed by atoms with E-state index in [0.717, 1.165) is 12.2 Å². The normalized spacial score (nSPS) is 19.5. The van der Waals surface area contributed by atoms with E-state index in [1.54, 1.807) is 0 Å². The second-order valence-corrected chi connectivity index (χ2v) is 7.17. The molecule has 1 aromatic rings. The molecule has 0 heterocycles. The van der Waals surface area contributed by atoms with Crippen LogP contribution in [0, 0.1) is 0 Å². The van der Waals surface area contributed by atoms with Gasteiger partial charge in [0.2, 0.25) is 0 Å². The molecular weight excluding hydrogens is 448 g/mol. The minimum atomic E-state index is -1.60. The highest BCUT2D eigenvalue weighted by Crippen LogP contribution is 2.38. The summed E-state index contributed by atoms with van der Waals surface area (Å²) in [6.45, 7) is 0. The Balaban J connectivity index is 2.01. The summed E-state index contributed by atoms with van der Waals surface area (Å²) in [5.74, 6) is -5.04. The molecule has 0 radical (unpaired) electrons. The van der Waals surface area contributed by atoms with Crippen LogP contribution >= 0.6 is 0 Å². The van der Waals surface area contributed by atoms with Gasteiger partial charge in [-0.15, -0.1) is 0 Å². The zero-order valence-electron chi connectivity index (χ0n) is 17.0. The number of hydrogen-bond donors (Lipinski definition) is 4.